The number of carboxylic acid groups (broad SMARTS) is 1. The van der Waals surface area contributed by atoms with Crippen molar-refractivity contribution in [3.05, 3.63) is 47.8 Å². The molecule has 0 aliphatic rings. The van der Waals surface area contributed by atoms with E-state index in [0.717, 1.165) is 12.1 Å². The molecule has 2 rings (SSSR count). The number of carboxylic acids is 1. The summed E-state index contributed by atoms with van der Waals surface area (Å²) in [6, 6.07) is 2.79. The van der Waals surface area contributed by atoms with Gasteiger partial charge in [-0.15, -0.1) is 0 Å². The van der Waals surface area contributed by atoms with Crippen molar-refractivity contribution in [1.82, 2.24) is 9.78 Å². The van der Waals surface area contributed by atoms with Crippen LogP contribution in [0.5, 0.6) is 0 Å². The SMILES string of the molecule is O=C(O)CCn1cc(C(=O)Nc2ccc(F)cc2F)cn1. The molecule has 0 unspecified atom stereocenters. The summed E-state index contributed by atoms with van der Waals surface area (Å²) in [4.78, 5) is 22.3. The second-order valence-corrected chi connectivity index (χ2v) is 4.21. The van der Waals surface area contributed by atoms with E-state index in [-0.39, 0.29) is 24.2 Å². The number of amides is 1. The number of benzene rings is 1. The Morgan fingerprint density at radius 3 is 2.76 bits per heavy atom. The number of anilines is 1. The Labute approximate surface area is 118 Å². The third-order valence-electron chi connectivity index (χ3n) is 2.63. The first-order chi connectivity index (χ1) is 9.95. The van der Waals surface area contributed by atoms with Crippen LogP contribution in [0.3, 0.4) is 0 Å². The zero-order chi connectivity index (χ0) is 15.4. The van der Waals surface area contributed by atoms with Crippen LogP contribution in [0.15, 0.2) is 30.6 Å². The molecular formula is C13H11F2N3O3. The third-order valence-corrected chi connectivity index (χ3v) is 2.63. The fourth-order valence-corrected chi connectivity index (χ4v) is 1.60. The fourth-order valence-electron chi connectivity index (χ4n) is 1.60. The summed E-state index contributed by atoms with van der Waals surface area (Å²) in [5, 5.41) is 14.7. The van der Waals surface area contributed by atoms with Gasteiger partial charge in [-0.05, 0) is 12.1 Å². The largest absolute Gasteiger partial charge is 0.481 e. The van der Waals surface area contributed by atoms with Crippen LogP contribution in [0.1, 0.15) is 16.8 Å². The van der Waals surface area contributed by atoms with Crippen molar-refractivity contribution in [3.8, 4) is 0 Å². The lowest BCUT2D eigenvalue weighted by molar-refractivity contribution is -0.137. The molecule has 6 nitrogen and oxygen atoms in total. The van der Waals surface area contributed by atoms with Crippen LogP contribution in [0, 0.1) is 11.6 Å². The fraction of sp³-hybridized carbons (Fsp3) is 0.154. The Morgan fingerprint density at radius 2 is 2.10 bits per heavy atom. The highest BCUT2D eigenvalue weighted by Crippen LogP contribution is 2.16. The van der Waals surface area contributed by atoms with E-state index in [1.807, 2.05) is 0 Å². The van der Waals surface area contributed by atoms with Crippen molar-refractivity contribution in [3.63, 3.8) is 0 Å². The predicted octanol–water partition coefficient (Wildman–Crippen LogP) is 1.89. The molecule has 110 valence electrons. The molecule has 0 fully saturated rings. The van der Waals surface area contributed by atoms with Crippen molar-refractivity contribution >= 4 is 17.6 Å². The summed E-state index contributed by atoms with van der Waals surface area (Å²) in [5.41, 5.74) is -0.0104. The minimum absolute atomic E-state index is 0.119. The quantitative estimate of drug-likeness (QED) is 0.882. The zero-order valence-corrected chi connectivity index (χ0v) is 10.7. The maximum absolute atomic E-state index is 13.4. The van der Waals surface area contributed by atoms with Crippen LogP contribution >= 0.6 is 0 Å². The van der Waals surface area contributed by atoms with Crippen LogP contribution in [0.25, 0.3) is 0 Å². The molecular weight excluding hydrogens is 284 g/mol. The summed E-state index contributed by atoms with van der Waals surface area (Å²) in [7, 11) is 0. The topological polar surface area (TPSA) is 84.2 Å². The molecule has 2 N–H and O–H groups in total. The maximum atomic E-state index is 13.4. The van der Waals surface area contributed by atoms with Crippen LogP contribution in [-0.2, 0) is 11.3 Å². The van der Waals surface area contributed by atoms with Gasteiger partial charge in [0.05, 0.1) is 30.4 Å². The molecule has 21 heavy (non-hydrogen) atoms. The monoisotopic (exact) mass is 295 g/mol. The number of carbonyl (C=O) groups is 2. The molecule has 1 aromatic carbocycles. The van der Waals surface area contributed by atoms with Gasteiger partial charge in [0.25, 0.3) is 5.91 Å². The molecule has 1 aromatic heterocycles. The number of hydrogen-bond acceptors (Lipinski definition) is 3. The van der Waals surface area contributed by atoms with Gasteiger partial charge in [-0.25, -0.2) is 8.78 Å². The lowest BCUT2D eigenvalue weighted by atomic mass is 10.2. The standard InChI is InChI=1S/C13H11F2N3O3/c14-9-1-2-11(10(15)5-9)17-13(21)8-6-16-18(7-8)4-3-12(19)20/h1-2,5-7H,3-4H2,(H,17,21)(H,19,20). The molecule has 0 saturated carbocycles. The molecule has 0 aliphatic heterocycles. The molecule has 2 aromatic rings. The average molecular weight is 295 g/mol. The van der Waals surface area contributed by atoms with Gasteiger partial charge < -0.3 is 10.4 Å². The van der Waals surface area contributed by atoms with Crippen molar-refractivity contribution < 1.29 is 23.5 Å². The lowest BCUT2D eigenvalue weighted by Crippen LogP contribution is -2.12. The van der Waals surface area contributed by atoms with Crippen molar-refractivity contribution in [1.29, 1.82) is 0 Å². The first kappa shape index (κ1) is 14.6. The highest BCUT2D eigenvalue weighted by atomic mass is 19.1. The molecule has 0 aliphatic carbocycles. The van der Waals surface area contributed by atoms with E-state index < -0.39 is 23.5 Å². The Balaban J connectivity index is 2.05. The molecule has 0 saturated heterocycles. The first-order valence-electron chi connectivity index (χ1n) is 5.96. The Morgan fingerprint density at radius 1 is 1.33 bits per heavy atom. The van der Waals surface area contributed by atoms with Crippen LogP contribution in [0.4, 0.5) is 14.5 Å². The first-order valence-corrected chi connectivity index (χ1v) is 5.96. The predicted molar refractivity (Wildman–Crippen MR) is 68.8 cm³/mol. The van der Waals surface area contributed by atoms with Crippen molar-refractivity contribution in [2.75, 3.05) is 5.32 Å². The van der Waals surface area contributed by atoms with Gasteiger partial charge in [0.15, 0.2) is 0 Å². The van der Waals surface area contributed by atoms with E-state index in [9.17, 15) is 18.4 Å². The normalized spacial score (nSPS) is 10.4. The molecule has 1 amide bonds. The number of aliphatic carboxylic acids is 1. The molecule has 0 atom stereocenters. The van der Waals surface area contributed by atoms with Crippen LogP contribution in [0.2, 0.25) is 0 Å². The summed E-state index contributed by atoms with van der Waals surface area (Å²) >= 11 is 0. The number of carbonyl (C=O) groups excluding carboxylic acids is 1. The molecule has 0 radical (unpaired) electrons. The zero-order valence-electron chi connectivity index (χ0n) is 10.7. The van der Waals surface area contributed by atoms with Gasteiger partial charge in [0.2, 0.25) is 0 Å². The number of hydrogen-bond donors (Lipinski definition) is 2. The van der Waals surface area contributed by atoms with Gasteiger partial charge in [-0.2, -0.15) is 5.10 Å². The minimum atomic E-state index is -0.982. The number of aryl methyl sites for hydroxylation is 1. The Kier molecular flexibility index (Phi) is 4.27. The van der Waals surface area contributed by atoms with Crippen LogP contribution in [-0.4, -0.2) is 26.8 Å². The number of halogens is 2. The summed E-state index contributed by atoms with van der Waals surface area (Å²) in [5.74, 6) is -3.24. The van der Waals surface area contributed by atoms with E-state index in [2.05, 4.69) is 10.4 Å². The van der Waals surface area contributed by atoms with E-state index in [1.54, 1.807) is 0 Å². The second-order valence-electron chi connectivity index (χ2n) is 4.21. The lowest BCUT2D eigenvalue weighted by Gasteiger charge is -2.04. The summed E-state index contributed by atoms with van der Waals surface area (Å²) in [6.07, 6.45) is 2.45. The van der Waals surface area contributed by atoms with Gasteiger partial charge in [0.1, 0.15) is 11.6 Å². The minimum Gasteiger partial charge on any atom is -0.481 e. The van der Waals surface area contributed by atoms with E-state index in [0.29, 0.717) is 6.07 Å². The summed E-state index contributed by atoms with van der Waals surface area (Å²) in [6.45, 7) is 0.119. The van der Waals surface area contributed by atoms with E-state index >= 15 is 0 Å². The second kappa shape index (κ2) is 6.12. The number of aromatic nitrogens is 2. The smallest absolute Gasteiger partial charge is 0.305 e. The molecule has 1 heterocycles. The summed E-state index contributed by atoms with van der Waals surface area (Å²) < 4.78 is 27.4. The van der Waals surface area contributed by atoms with E-state index in [1.165, 1.54) is 17.1 Å². The van der Waals surface area contributed by atoms with Crippen molar-refractivity contribution in [2.24, 2.45) is 0 Å². The average Bonchev–Trinajstić information content (AvgIpc) is 2.88. The van der Waals surface area contributed by atoms with Gasteiger partial charge in [-0.3, -0.25) is 14.3 Å². The Bertz CT molecular complexity index is 685. The molecule has 0 bridgehead atoms. The maximum Gasteiger partial charge on any atom is 0.305 e. The van der Waals surface area contributed by atoms with Crippen LogP contribution < -0.4 is 5.32 Å². The highest BCUT2D eigenvalue weighted by Gasteiger charge is 2.12. The molecule has 0 spiro atoms. The third kappa shape index (κ3) is 3.85. The van der Waals surface area contributed by atoms with Gasteiger partial charge in [-0.1, -0.05) is 0 Å². The van der Waals surface area contributed by atoms with Crippen molar-refractivity contribution in [2.45, 2.75) is 13.0 Å². The van der Waals surface area contributed by atoms with Gasteiger partial charge >= 0.3 is 5.97 Å². The van der Waals surface area contributed by atoms with Gasteiger partial charge in [0, 0.05) is 12.3 Å². The Hall–Kier alpha value is -2.77. The highest BCUT2D eigenvalue weighted by molar-refractivity contribution is 6.03. The number of rotatable bonds is 5. The number of nitrogens with zero attached hydrogens (tertiary/aromatic N) is 2. The number of nitrogens with one attached hydrogen (secondary N) is 1. The molecule has 8 heteroatoms. The van der Waals surface area contributed by atoms with E-state index in [4.69, 9.17) is 5.11 Å².